The molecular weight excluding hydrogens is 128 g/mol. The van der Waals surface area contributed by atoms with Crippen LogP contribution in [0.2, 0.25) is 0 Å². The quantitative estimate of drug-likeness (QED) is 0.499. The number of aliphatic hydroxyl groups excluding tert-OH is 1. The summed E-state index contributed by atoms with van der Waals surface area (Å²) >= 11 is 0. The van der Waals surface area contributed by atoms with Gasteiger partial charge in [-0.3, -0.25) is 0 Å². The van der Waals surface area contributed by atoms with E-state index in [9.17, 15) is 0 Å². The molecule has 62 valence electrons. The standard InChI is InChI=1S/C7H18N2O/c1-6(5-8)9-4-3-7(2)10/h6-7,9-10H,3-5,8H2,1-2H3. The molecule has 0 bridgehead atoms. The van der Waals surface area contributed by atoms with Gasteiger partial charge in [0, 0.05) is 12.6 Å². The number of hydrogen-bond donors (Lipinski definition) is 3. The first-order chi connectivity index (χ1) is 4.66. The number of rotatable bonds is 5. The first-order valence-electron chi connectivity index (χ1n) is 3.78. The number of aliphatic hydroxyl groups is 1. The van der Waals surface area contributed by atoms with Crippen molar-refractivity contribution in [3.63, 3.8) is 0 Å². The highest BCUT2D eigenvalue weighted by Gasteiger charge is 1.98. The predicted molar refractivity (Wildman–Crippen MR) is 42.8 cm³/mol. The zero-order valence-corrected chi connectivity index (χ0v) is 6.80. The Kier molecular flexibility index (Phi) is 5.58. The lowest BCUT2D eigenvalue weighted by Gasteiger charge is -2.11. The summed E-state index contributed by atoms with van der Waals surface area (Å²) in [7, 11) is 0. The third kappa shape index (κ3) is 6.01. The fraction of sp³-hybridized carbons (Fsp3) is 1.00. The summed E-state index contributed by atoms with van der Waals surface area (Å²) < 4.78 is 0. The molecule has 0 radical (unpaired) electrons. The second-order valence-electron chi connectivity index (χ2n) is 2.73. The van der Waals surface area contributed by atoms with Crippen molar-refractivity contribution in [1.29, 1.82) is 0 Å². The predicted octanol–water partition coefficient (Wildman–Crippen LogP) is -0.306. The molecule has 0 aromatic carbocycles. The normalized spacial score (nSPS) is 16.8. The Bertz CT molecular complexity index is 76.0. The van der Waals surface area contributed by atoms with Crippen LogP contribution in [0, 0.1) is 0 Å². The third-order valence-electron chi connectivity index (χ3n) is 1.41. The molecule has 0 aromatic heterocycles. The van der Waals surface area contributed by atoms with E-state index < -0.39 is 0 Å². The molecule has 0 saturated heterocycles. The topological polar surface area (TPSA) is 58.3 Å². The second-order valence-corrected chi connectivity index (χ2v) is 2.73. The summed E-state index contributed by atoms with van der Waals surface area (Å²) in [6.45, 7) is 5.31. The van der Waals surface area contributed by atoms with Crippen LogP contribution in [0.15, 0.2) is 0 Å². The van der Waals surface area contributed by atoms with Gasteiger partial charge in [-0.2, -0.15) is 0 Å². The molecule has 10 heavy (non-hydrogen) atoms. The molecule has 0 aliphatic carbocycles. The largest absolute Gasteiger partial charge is 0.393 e. The van der Waals surface area contributed by atoms with Crippen LogP contribution < -0.4 is 11.1 Å². The van der Waals surface area contributed by atoms with Crippen molar-refractivity contribution in [1.82, 2.24) is 5.32 Å². The maximum absolute atomic E-state index is 8.87. The van der Waals surface area contributed by atoms with Crippen molar-refractivity contribution in [2.24, 2.45) is 5.73 Å². The SMILES string of the molecule is CC(O)CCNC(C)CN. The molecule has 0 spiro atoms. The lowest BCUT2D eigenvalue weighted by molar-refractivity contribution is 0.182. The number of hydrogen-bond acceptors (Lipinski definition) is 3. The Balaban J connectivity index is 3.03. The first kappa shape index (κ1) is 9.88. The van der Waals surface area contributed by atoms with Gasteiger partial charge in [0.05, 0.1) is 6.10 Å². The van der Waals surface area contributed by atoms with Crippen molar-refractivity contribution in [3.05, 3.63) is 0 Å². The highest BCUT2D eigenvalue weighted by atomic mass is 16.3. The van der Waals surface area contributed by atoms with E-state index in [1.165, 1.54) is 0 Å². The van der Waals surface area contributed by atoms with Gasteiger partial charge in [0.1, 0.15) is 0 Å². The van der Waals surface area contributed by atoms with Gasteiger partial charge in [0.2, 0.25) is 0 Å². The summed E-state index contributed by atoms with van der Waals surface area (Å²) in [6, 6.07) is 0.360. The van der Waals surface area contributed by atoms with E-state index in [4.69, 9.17) is 10.8 Å². The van der Waals surface area contributed by atoms with Crippen molar-refractivity contribution in [3.8, 4) is 0 Å². The molecule has 3 heteroatoms. The van der Waals surface area contributed by atoms with E-state index in [2.05, 4.69) is 5.32 Å². The minimum Gasteiger partial charge on any atom is -0.393 e. The molecule has 0 aliphatic rings. The molecule has 0 aliphatic heterocycles. The lowest BCUT2D eigenvalue weighted by atomic mass is 10.2. The fourth-order valence-corrected chi connectivity index (χ4v) is 0.622. The zero-order chi connectivity index (χ0) is 7.98. The van der Waals surface area contributed by atoms with E-state index in [0.717, 1.165) is 13.0 Å². The van der Waals surface area contributed by atoms with Gasteiger partial charge in [-0.15, -0.1) is 0 Å². The van der Waals surface area contributed by atoms with Crippen molar-refractivity contribution in [2.45, 2.75) is 32.4 Å². The van der Waals surface area contributed by atoms with Crippen LogP contribution >= 0.6 is 0 Å². The molecular formula is C7H18N2O. The smallest absolute Gasteiger partial charge is 0.0524 e. The Morgan fingerprint density at radius 1 is 1.50 bits per heavy atom. The van der Waals surface area contributed by atoms with Crippen LogP contribution in [-0.2, 0) is 0 Å². The molecule has 0 amide bonds. The van der Waals surface area contributed by atoms with Crippen molar-refractivity contribution >= 4 is 0 Å². The summed E-state index contributed by atoms with van der Waals surface area (Å²) in [5.41, 5.74) is 5.36. The molecule has 0 fully saturated rings. The average Bonchev–Trinajstić information content (AvgIpc) is 1.87. The van der Waals surface area contributed by atoms with Crippen LogP contribution in [-0.4, -0.2) is 30.3 Å². The monoisotopic (exact) mass is 146 g/mol. The maximum atomic E-state index is 8.87. The molecule has 0 saturated carbocycles. The molecule has 4 N–H and O–H groups in total. The minimum atomic E-state index is -0.211. The van der Waals surface area contributed by atoms with Gasteiger partial charge < -0.3 is 16.2 Å². The highest BCUT2D eigenvalue weighted by molar-refractivity contribution is 4.61. The third-order valence-corrected chi connectivity index (χ3v) is 1.41. The molecule has 2 atom stereocenters. The molecule has 3 nitrogen and oxygen atoms in total. The zero-order valence-electron chi connectivity index (χ0n) is 6.80. The van der Waals surface area contributed by atoms with Crippen molar-refractivity contribution in [2.75, 3.05) is 13.1 Å². The van der Waals surface area contributed by atoms with Gasteiger partial charge in [0.15, 0.2) is 0 Å². The van der Waals surface area contributed by atoms with E-state index in [1.807, 2.05) is 6.92 Å². The van der Waals surface area contributed by atoms with Crippen LogP contribution in [0.25, 0.3) is 0 Å². The van der Waals surface area contributed by atoms with Gasteiger partial charge >= 0.3 is 0 Å². The van der Waals surface area contributed by atoms with Gasteiger partial charge in [-0.05, 0) is 26.8 Å². The lowest BCUT2D eigenvalue weighted by Crippen LogP contribution is -2.34. The Labute approximate surface area is 62.6 Å². The fourth-order valence-electron chi connectivity index (χ4n) is 0.622. The summed E-state index contributed by atoms with van der Waals surface area (Å²) in [5.74, 6) is 0. The van der Waals surface area contributed by atoms with E-state index in [0.29, 0.717) is 12.6 Å². The van der Waals surface area contributed by atoms with Gasteiger partial charge in [-0.1, -0.05) is 0 Å². The number of nitrogens with one attached hydrogen (secondary N) is 1. The van der Waals surface area contributed by atoms with E-state index in [1.54, 1.807) is 6.92 Å². The maximum Gasteiger partial charge on any atom is 0.0524 e. The molecule has 0 aromatic rings. The molecule has 2 unspecified atom stereocenters. The first-order valence-corrected chi connectivity index (χ1v) is 3.78. The highest BCUT2D eigenvalue weighted by Crippen LogP contribution is 1.86. The number of nitrogens with two attached hydrogens (primary N) is 1. The van der Waals surface area contributed by atoms with Crippen LogP contribution in [0.4, 0.5) is 0 Å². The summed E-state index contributed by atoms with van der Waals surface area (Å²) in [5, 5.41) is 12.0. The van der Waals surface area contributed by atoms with Crippen LogP contribution in [0.1, 0.15) is 20.3 Å². The molecule has 0 rings (SSSR count). The minimum absolute atomic E-state index is 0.211. The molecule has 0 heterocycles. The van der Waals surface area contributed by atoms with E-state index in [-0.39, 0.29) is 6.10 Å². The Morgan fingerprint density at radius 2 is 2.10 bits per heavy atom. The summed E-state index contributed by atoms with van der Waals surface area (Å²) in [6.07, 6.45) is 0.585. The van der Waals surface area contributed by atoms with Crippen LogP contribution in [0.5, 0.6) is 0 Å². The average molecular weight is 146 g/mol. The second kappa shape index (κ2) is 5.65. The Hall–Kier alpha value is -0.120. The Morgan fingerprint density at radius 3 is 2.50 bits per heavy atom. The van der Waals surface area contributed by atoms with Crippen molar-refractivity contribution < 1.29 is 5.11 Å². The van der Waals surface area contributed by atoms with Gasteiger partial charge in [0.25, 0.3) is 0 Å². The van der Waals surface area contributed by atoms with Crippen LogP contribution in [0.3, 0.4) is 0 Å². The van der Waals surface area contributed by atoms with E-state index >= 15 is 0 Å². The summed E-state index contributed by atoms with van der Waals surface area (Å²) in [4.78, 5) is 0. The van der Waals surface area contributed by atoms with Gasteiger partial charge in [-0.25, -0.2) is 0 Å².